The molecule has 0 aliphatic carbocycles. The van der Waals surface area contributed by atoms with Crippen molar-refractivity contribution in [3.05, 3.63) is 79.9 Å². The van der Waals surface area contributed by atoms with Crippen LogP contribution in [0.1, 0.15) is 23.6 Å². The first-order chi connectivity index (χ1) is 14.7. The van der Waals surface area contributed by atoms with E-state index in [0.717, 1.165) is 16.8 Å². The highest BCUT2D eigenvalue weighted by Gasteiger charge is 2.22. The molecule has 5 nitrogen and oxygen atoms in total. The molecule has 0 saturated heterocycles. The average Bonchev–Trinajstić information content (AvgIpc) is 2.72. The van der Waals surface area contributed by atoms with Crippen molar-refractivity contribution < 1.29 is 17.3 Å². The van der Waals surface area contributed by atoms with Crippen LogP contribution in [0.3, 0.4) is 0 Å². The first-order valence-electron chi connectivity index (χ1n) is 9.47. The van der Waals surface area contributed by atoms with Crippen molar-refractivity contribution in [2.75, 3.05) is 6.61 Å². The molecule has 0 radical (unpaired) electrons. The fourth-order valence-electron chi connectivity index (χ4n) is 2.72. The van der Waals surface area contributed by atoms with Gasteiger partial charge in [-0.1, -0.05) is 17.7 Å². The van der Waals surface area contributed by atoms with Gasteiger partial charge in [0.05, 0.1) is 15.9 Å². The van der Waals surface area contributed by atoms with Gasteiger partial charge in [-0.05, 0) is 109 Å². The van der Waals surface area contributed by atoms with Crippen LogP contribution in [0.4, 0.5) is 5.69 Å². The minimum Gasteiger partial charge on any atom is -0.490 e. The maximum atomic E-state index is 12.7. The van der Waals surface area contributed by atoms with Crippen LogP contribution < -0.4 is 8.92 Å². The Morgan fingerprint density at radius 3 is 2.39 bits per heavy atom. The third kappa shape index (κ3) is 5.99. The summed E-state index contributed by atoms with van der Waals surface area (Å²) in [5.41, 5.74) is 3.97. The summed E-state index contributed by atoms with van der Waals surface area (Å²) >= 11 is 7.88. The van der Waals surface area contributed by atoms with E-state index in [1.807, 2.05) is 54.6 Å². The number of nitrogens with zero attached hydrogens (tertiary/aromatic N) is 1. The summed E-state index contributed by atoms with van der Waals surface area (Å²) in [5.74, 6) is 0.467. The van der Waals surface area contributed by atoms with Crippen LogP contribution >= 0.6 is 34.2 Å². The fourth-order valence-corrected chi connectivity index (χ4v) is 4.69. The molecule has 0 spiro atoms. The number of halogens is 2. The molecular weight excluding hydrogens is 549 g/mol. The van der Waals surface area contributed by atoms with Crippen LogP contribution in [-0.2, 0) is 10.1 Å². The quantitative estimate of drug-likeness (QED) is 0.186. The zero-order valence-electron chi connectivity index (χ0n) is 17.2. The Kier molecular flexibility index (Phi) is 7.61. The smallest absolute Gasteiger partial charge is 0.339 e. The number of benzene rings is 3. The molecule has 0 bridgehead atoms. The molecule has 0 unspecified atom stereocenters. The maximum absolute atomic E-state index is 12.7. The van der Waals surface area contributed by atoms with Crippen molar-refractivity contribution >= 4 is 56.2 Å². The van der Waals surface area contributed by atoms with Gasteiger partial charge in [-0.2, -0.15) is 8.42 Å². The predicted molar refractivity (Wildman–Crippen MR) is 133 cm³/mol. The lowest BCUT2D eigenvalue weighted by Crippen LogP contribution is -2.12. The topological polar surface area (TPSA) is 65.0 Å². The standard InChI is InChI=1S/C23H21ClINO4S/c1-4-29-22-13-17(14-26-19-8-5-15(2)16(3)11-19)12-21(25)23(22)30-31(27,28)20-9-6-18(24)7-10-20/h5-14H,4H2,1-3H3. The molecule has 0 aromatic heterocycles. The number of aliphatic imine (C=N–C) groups is 1. The van der Waals surface area contributed by atoms with Gasteiger partial charge in [0.15, 0.2) is 11.5 Å². The van der Waals surface area contributed by atoms with E-state index in [1.165, 1.54) is 29.8 Å². The van der Waals surface area contributed by atoms with E-state index in [2.05, 4.69) is 11.9 Å². The Labute approximate surface area is 201 Å². The highest BCUT2D eigenvalue weighted by Crippen LogP contribution is 2.36. The molecule has 0 saturated carbocycles. The largest absolute Gasteiger partial charge is 0.490 e. The van der Waals surface area contributed by atoms with Gasteiger partial charge < -0.3 is 8.92 Å². The van der Waals surface area contributed by atoms with Gasteiger partial charge in [-0.3, -0.25) is 4.99 Å². The molecule has 0 fully saturated rings. The third-order valence-electron chi connectivity index (χ3n) is 4.48. The van der Waals surface area contributed by atoms with Crippen LogP contribution in [0, 0.1) is 17.4 Å². The Morgan fingerprint density at radius 2 is 1.74 bits per heavy atom. The average molecular weight is 570 g/mol. The van der Waals surface area contributed by atoms with Crippen molar-refractivity contribution in [1.29, 1.82) is 0 Å². The molecule has 3 aromatic carbocycles. The third-order valence-corrected chi connectivity index (χ3v) is 6.77. The minimum atomic E-state index is -4.05. The van der Waals surface area contributed by atoms with E-state index in [4.69, 9.17) is 20.5 Å². The number of ether oxygens (including phenoxy) is 1. The van der Waals surface area contributed by atoms with Gasteiger partial charge in [0.25, 0.3) is 0 Å². The van der Waals surface area contributed by atoms with Crippen molar-refractivity contribution in [2.45, 2.75) is 25.7 Å². The number of hydrogen-bond acceptors (Lipinski definition) is 5. The molecule has 3 aromatic rings. The van der Waals surface area contributed by atoms with Gasteiger partial charge in [-0.25, -0.2) is 0 Å². The first-order valence-corrected chi connectivity index (χ1v) is 12.3. The van der Waals surface area contributed by atoms with Gasteiger partial charge in [0, 0.05) is 11.2 Å². The lowest BCUT2D eigenvalue weighted by atomic mass is 10.1. The SMILES string of the molecule is CCOc1cc(C=Nc2ccc(C)c(C)c2)cc(I)c1OS(=O)(=O)c1ccc(Cl)cc1. The molecule has 0 N–H and O–H groups in total. The molecule has 0 amide bonds. The maximum Gasteiger partial charge on any atom is 0.339 e. The Hall–Kier alpha value is -2.10. The van der Waals surface area contributed by atoms with E-state index in [1.54, 1.807) is 18.3 Å². The van der Waals surface area contributed by atoms with Gasteiger partial charge >= 0.3 is 10.1 Å². The van der Waals surface area contributed by atoms with E-state index >= 15 is 0 Å². The van der Waals surface area contributed by atoms with Crippen molar-refractivity contribution in [1.82, 2.24) is 0 Å². The summed E-state index contributed by atoms with van der Waals surface area (Å²) < 4.78 is 37.1. The zero-order valence-corrected chi connectivity index (χ0v) is 21.0. The minimum absolute atomic E-state index is 0.00975. The second-order valence-corrected chi connectivity index (χ2v) is 9.93. The van der Waals surface area contributed by atoms with Gasteiger partial charge in [0.1, 0.15) is 4.90 Å². The summed E-state index contributed by atoms with van der Waals surface area (Å²) in [6.45, 7) is 6.26. The van der Waals surface area contributed by atoms with E-state index < -0.39 is 10.1 Å². The van der Waals surface area contributed by atoms with Crippen molar-refractivity contribution in [3.8, 4) is 11.5 Å². The second-order valence-electron chi connectivity index (χ2n) is 6.78. The van der Waals surface area contributed by atoms with E-state index in [0.29, 0.717) is 20.9 Å². The highest BCUT2D eigenvalue weighted by atomic mass is 127. The second kappa shape index (κ2) is 10.0. The first kappa shape index (κ1) is 23.6. The summed E-state index contributed by atoms with van der Waals surface area (Å²) in [7, 11) is -4.05. The molecule has 0 aliphatic rings. The van der Waals surface area contributed by atoms with Gasteiger partial charge in [0.2, 0.25) is 0 Å². The molecule has 0 aliphatic heterocycles. The lowest BCUT2D eigenvalue weighted by molar-refractivity contribution is 0.327. The summed E-state index contributed by atoms with van der Waals surface area (Å²) in [6.07, 6.45) is 1.71. The van der Waals surface area contributed by atoms with Crippen LogP contribution in [0.15, 0.2) is 64.5 Å². The van der Waals surface area contributed by atoms with Crippen LogP contribution in [0.25, 0.3) is 0 Å². The number of aryl methyl sites for hydroxylation is 2. The summed E-state index contributed by atoms with van der Waals surface area (Å²) in [6, 6.07) is 15.3. The van der Waals surface area contributed by atoms with Gasteiger partial charge in [-0.15, -0.1) is 0 Å². The zero-order chi connectivity index (χ0) is 22.6. The molecular formula is C23H21ClINO4S. The van der Waals surface area contributed by atoms with E-state index in [-0.39, 0.29) is 10.6 Å². The van der Waals surface area contributed by atoms with Crippen LogP contribution in [0.5, 0.6) is 11.5 Å². The van der Waals surface area contributed by atoms with Crippen molar-refractivity contribution in [3.63, 3.8) is 0 Å². The molecule has 0 heterocycles. The predicted octanol–water partition coefficient (Wildman–Crippen LogP) is 6.48. The summed E-state index contributed by atoms with van der Waals surface area (Å²) in [5, 5.41) is 0.441. The lowest BCUT2D eigenvalue weighted by Gasteiger charge is -2.14. The fraction of sp³-hybridized carbons (Fsp3) is 0.174. The van der Waals surface area contributed by atoms with E-state index in [9.17, 15) is 8.42 Å². The molecule has 8 heteroatoms. The molecule has 162 valence electrons. The normalized spacial score (nSPS) is 11.6. The Bertz CT molecular complexity index is 1230. The highest BCUT2D eigenvalue weighted by molar-refractivity contribution is 14.1. The van der Waals surface area contributed by atoms with Crippen LogP contribution in [-0.4, -0.2) is 21.2 Å². The Morgan fingerprint density at radius 1 is 1.03 bits per heavy atom. The molecule has 0 atom stereocenters. The number of rotatable bonds is 7. The summed E-state index contributed by atoms with van der Waals surface area (Å²) in [4.78, 5) is 4.54. The van der Waals surface area contributed by atoms with Crippen molar-refractivity contribution in [2.24, 2.45) is 4.99 Å². The Balaban J connectivity index is 1.93. The molecule has 3 rings (SSSR count). The van der Waals surface area contributed by atoms with Crippen LogP contribution in [0.2, 0.25) is 5.02 Å². The monoisotopic (exact) mass is 569 g/mol. The molecule has 31 heavy (non-hydrogen) atoms. The number of hydrogen-bond donors (Lipinski definition) is 0.